The Bertz CT molecular complexity index is 359. The van der Waals surface area contributed by atoms with Crippen molar-refractivity contribution in [2.24, 2.45) is 0 Å². The van der Waals surface area contributed by atoms with Gasteiger partial charge in [-0.05, 0) is 0 Å². The predicted molar refractivity (Wildman–Crippen MR) is 47.6 cm³/mol. The number of allylic oxidation sites excluding steroid dienone is 1. The highest BCUT2D eigenvalue weighted by Crippen LogP contribution is 1.93. The standard InChI is InChI=1S/C6H8N4OS/c1-2-3-4-5(11)10(7)6(12)9-8-4/h2H,1,3,7H2,(H,9,12). The third-order valence-electron chi connectivity index (χ3n) is 1.28. The average Bonchev–Trinajstić information content (AvgIpc) is 2.07. The molecule has 64 valence electrons. The van der Waals surface area contributed by atoms with Gasteiger partial charge in [-0.15, -0.1) is 29.4 Å². The Morgan fingerprint density at radius 1 is 1.67 bits per heavy atom. The largest absolute Gasteiger partial charge is 0.334 e. The molecule has 6 heteroatoms. The number of nitrogen functional groups attached to an aromatic ring is 1. The summed E-state index contributed by atoms with van der Waals surface area (Å²) < 4.78 is 0.842. The minimum Gasteiger partial charge on any atom is -0.334 e. The molecule has 1 rings (SSSR count). The van der Waals surface area contributed by atoms with E-state index in [0.29, 0.717) is 6.42 Å². The zero-order chi connectivity index (χ0) is 9.14. The molecular formula is C6H8N4OS. The van der Waals surface area contributed by atoms with E-state index in [1.54, 1.807) is 6.08 Å². The number of hydrogen-bond donors (Lipinski definition) is 2. The molecule has 0 radical (unpaired) electrons. The molecular weight excluding hydrogens is 176 g/mol. The van der Waals surface area contributed by atoms with Crippen molar-refractivity contribution < 1.29 is 0 Å². The van der Waals surface area contributed by atoms with E-state index in [2.05, 4.69) is 29.4 Å². The quantitative estimate of drug-likeness (QED) is 0.364. The van der Waals surface area contributed by atoms with Crippen LogP contribution in [0.5, 0.6) is 0 Å². The van der Waals surface area contributed by atoms with Crippen LogP contribution in [0.25, 0.3) is 0 Å². The second-order valence-corrected chi connectivity index (χ2v) is 2.51. The maximum atomic E-state index is 11.2. The molecule has 5 nitrogen and oxygen atoms in total. The van der Waals surface area contributed by atoms with Crippen LogP contribution in [-0.2, 0) is 6.42 Å². The summed E-state index contributed by atoms with van der Waals surface area (Å²) in [5, 5.41) is 7.27. The van der Waals surface area contributed by atoms with E-state index >= 15 is 0 Å². The molecule has 1 heterocycles. The fraction of sp³-hybridized carbons (Fsp3) is 0.167. The van der Waals surface area contributed by atoms with Gasteiger partial charge in [-0.3, -0.25) is 4.79 Å². The third-order valence-corrected chi connectivity index (χ3v) is 1.58. The fourth-order valence-electron chi connectivity index (χ4n) is 0.691. The first-order chi connectivity index (χ1) is 5.66. The summed E-state index contributed by atoms with van der Waals surface area (Å²) in [5.41, 5.74) is -0.125. The number of aromatic nitrogens is 3. The molecule has 0 amide bonds. The normalized spacial score (nSPS) is 9.75. The number of rotatable bonds is 2. The summed E-state index contributed by atoms with van der Waals surface area (Å²) in [7, 11) is 0. The van der Waals surface area contributed by atoms with Gasteiger partial charge >= 0.3 is 0 Å². The summed E-state index contributed by atoms with van der Waals surface area (Å²) >= 11 is 3.82. The van der Waals surface area contributed by atoms with E-state index in [0.717, 1.165) is 4.68 Å². The number of nitrogens with two attached hydrogens (primary N) is 1. The SMILES string of the molecule is C=CCc1nnc(S)n(N)c1=O. The first kappa shape index (κ1) is 8.79. The van der Waals surface area contributed by atoms with Crippen molar-refractivity contribution in [1.82, 2.24) is 14.9 Å². The Morgan fingerprint density at radius 3 is 2.92 bits per heavy atom. The Hall–Kier alpha value is -1.30. The van der Waals surface area contributed by atoms with Crippen LogP contribution in [-0.4, -0.2) is 14.9 Å². The van der Waals surface area contributed by atoms with Crippen LogP contribution in [0.1, 0.15) is 5.69 Å². The van der Waals surface area contributed by atoms with Crippen LogP contribution in [0, 0.1) is 0 Å². The lowest BCUT2D eigenvalue weighted by molar-refractivity contribution is 0.677. The Kier molecular flexibility index (Phi) is 2.49. The lowest BCUT2D eigenvalue weighted by Gasteiger charge is -2.00. The molecule has 0 atom stereocenters. The van der Waals surface area contributed by atoms with Gasteiger partial charge in [0, 0.05) is 6.42 Å². The highest BCUT2D eigenvalue weighted by atomic mass is 32.1. The van der Waals surface area contributed by atoms with Gasteiger partial charge in [0.1, 0.15) is 5.69 Å². The van der Waals surface area contributed by atoms with Gasteiger partial charge in [0.15, 0.2) is 0 Å². The molecule has 1 aromatic heterocycles. The zero-order valence-corrected chi connectivity index (χ0v) is 7.16. The molecule has 1 aromatic rings. The molecule has 0 unspecified atom stereocenters. The van der Waals surface area contributed by atoms with E-state index in [4.69, 9.17) is 5.84 Å². The summed E-state index contributed by atoms with van der Waals surface area (Å²) in [6.45, 7) is 3.47. The van der Waals surface area contributed by atoms with Crippen molar-refractivity contribution in [3.8, 4) is 0 Å². The highest BCUT2D eigenvalue weighted by molar-refractivity contribution is 7.80. The monoisotopic (exact) mass is 184 g/mol. The molecule has 0 aliphatic rings. The Morgan fingerprint density at radius 2 is 2.33 bits per heavy atom. The van der Waals surface area contributed by atoms with E-state index in [1.165, 1.54) is 0 Å². The van der Waals surface area contributed by atoms with Crippen molar-refractivity contribution in [3.63, 3.8) is 0 Å². The second kappa shape index (κ2) is 3.40. The Labute approximate surface area is 74.3 Å². The van der Waals surface area contributed by atoms with Crippen LogP contribution in [0.3, 0.4) is 0 Å². The summed E-state index contributed by atoms with van der Waals surface area (Å²) in [6, 6.07) is 0. The smallest absolute Gasteiger partial charge is 0.294 e. The van der Waals surface area contributed by atoms with Crippen molar-refractivity contribution in [3.05, 3.63) is 28.7 Å². The van der Waals surface area contributed by atoms with E-state index in [9.17, 15) is 4.79 Å². The maximum Gasteiger partial charge on any atom is 0.294 e. The molecule has 2 N–H and O–H groups in total. The predicted octanol–water partition coefficient (Wildman–Crippen LogP) is -0.631. The fourth-order valence-corrected chi connectivity index (χ4v) is 0.826. The molecule has 0 aliphatic carbocycles. The number of thiol groups is 1. The van der Waals surface area contributed by atoms with Crippen molar-refractivity contribution in [2.45, 2.75) is 11.6 Å². The van der Waals surface area contributed by atoms with Gasteiger partial charge in [0.2, 0.25) is 5.16 Å². The van der Waals surface area contributed by atoms with Crippen LogP contribution in [0.2, 0.25) is 0 Å². The second-order valence-electron chi connectivity index (χ2n) is 2.11. The van der Waals surface area contributed by atoms with Gasteiger partial charge in [0.25, 0.3) is 5.56 Å². The minimum absolute atomic E-state index is 0.0906. The summed E-state index contributed by atoms with van der Waals surface area (Å²) in [5.74, 6) is 5.30. The van der Waals surface area contributed by atoms with Gasteiger partial charge in [0.05, 0.1) is 0 Å². The van der Waals surface area contributed by atoms with Gasteiger partial charge in [-0.2, -0.15) is 4.68 Å². The molecule has 0 aliphatic heterocycles. The topological polar surface area (TPSA) is 73.8 Å². The van der Waals surface area contributed by atoms with Crippen molar-refractivity contribution >= 4 is 12.6 Å². The number of hydrogen-bond acceptors (Lipinski definition) is 5. The van der Waals surface area contributed by atoms with Gasteiger partial charge < -0.3 is 5.84 Å². The lowest BCUT2D eigenvalue weighted by atomic mass is 10.3. The summed E-state index contributed by atoms with van der Waals surface area (Å²) in [4.78, 5) is 11.2. The molecule has 0 fully saturated rings. The molecule has 0 aromatic carbocycles. The van der Waals surface area contributed by atoms with Crippen molar-refractivity contribution in [2.75, 3.05) is 5.84 Å². The van der Waals surface area contributed by atoms with E-state index in [1.807, 2.05) is 0 Å². The van der Waals surface area contributed by atoms with E-state index in [-0.39, 0.29) is 10.9 Å². The van der Waals surface area contributed by atoms with Crippen LogP contribution >= 0.6 is 12.6 Å². The van der Waals surface area contributed by atoms with Gasteiger partial charge in [-0.25, -0.2) is 0 Å². The van der Waals surface area contributed by atoms with Crippen molar-refractivity contribution in [1.29, 1.82) is 0 Å². The summed E-state index contributed by atoms with van der Waals surface area (Å²) in [6.07, 6.45) is 1.92. The first-order valence-electron chi connectivity index (χ1n) is 3.20. The van der Waals surface area contributed by atoms with Gasteiger partial charge in [-0.1, -0.05) is 6.08 Å². The average molecular weight is 184 g/mol. The molecule has 0 bridgehead atoms. The zero-order valence-electron chi connectivity index (χ0n) is 6.27. The number of nitrogens with zero attached hydrogens (tertiary/aromatic N) is 3. The molecule has 0 saturated heterocycles. The van der Waals surface area contributed by atoms with Crippen LogP contribution in [0.4, 0.5) is 0 Å². The maximum absolute atomic E-state index is 11.2. The minimum atomic E-state index is -0.394. The van der Waals surface area contributed by atoms with Crippen LogP contribution < -0.4 is 11.4 Å². The lowest BCUT2D eigenvalue weighted by Crippen LogP contribution is -2.32. The third kappa shape index (κ3) is 1.48. The van der Waals surface area contributed by atoms with Crippen LogP contribution in [0.15, 0.2) is 22.6 Å². The molecule has 0 saturated carbocycles. The Balaban J connectivity index is 3.26. The first-order valence-corrected chi connectivity index (χ1v) is 3.65. The van der Waals surface area contributed by atoms with E-state index < -0.39 is 5.56 Å². The molecule has 0 spiro atoms. The highest BCUT2D eigenvalue weighted by Gasteiger charge is 2.04. The molecule has 12 heavy (non-hydrogen) atoms.